The molecular formula is C14H29NO. The second-order valence-electron chi connectivity index (χ2n) is 6.46. The van der Waals surface area contributed by atoms with Crippen molar-refractivity contribution in [1.29, 1.82) is 0 Å². The van der Waals surface area contributed by atoms with Gasteiger partial charge in [-0.15, -0.1) is 0 Å². The van der Waals surface area contributed by atoms with E-state index in [9.17, 15) is 0 Å². The molecule has 1 fully saturated rings. The summed E-state index contributed by atoms with van der Waals surface area (Å²) in [6.07, 6.45) is 3.81. The number of nitrogens with one attached hydrogen (secondary N) is 1. The molecule has 0 radical (unpaired) electrons. The van der Waals surface area contributed by atoms with Gasteiger partial charge in [-0.2, -0.15) is 0 Å². The third kappa shape index (κ3) is 3.74. The molecule has 1 heterocycles. The van der Waals surface area contributed by atoms with Crippen molar-refractivity contribution in [2.75, 3.05) is 19.8 Å². The molecule has 2 heteroatoms. The summed E-state index contributed by atoms with van der Waals surface area (Å²) in [5.41, 5.74) is 0.588. The molecule has 16 heavy (non-hydrogen) atoms. The van der Waals surface area contributed by atoms with Gasteiger partial charge in [0.05, 0.1) is 6.61 Å². The Bertz CT molecular complexity index is 201. The van der Waals surface area contributed by atoms with E-state index in [1.165, 1.54) is 19.3 Å². The van der Waals surface area contributed by atoms with Crippen LogP contribution in [0, 0.1) is 11.3 Å². The highest BCUT2D eigenvalue weighted by atomic mass is 16.5. The van der Waals surface area contributed by atoms with E-state index in [-0.39, 0.29) is 5.54 Å². The van der Waals surface area contributed by atoms with Crippen LogP contribution >= 0.6 is 0 Å². The minimum Gasteiger partial charge on any atom is -0.381 e. The molecule has 96 valence electrons. The molecule has 0 bridgehead atoms. The fourth-order valence-corrected chi connectivity index (χ4v) is 2.51. The van der Waals surface area contributed by atoms with Crippen LogP contribution in [0.15, 0.2) is 0 Å². The van der Waals surface area contributed by atoms with Gasteiger partial charge in [0.15, 0.2) is 0 Å². The molecule has 1 N–H and O–H groups in total. The van der Waals surface area contributed by atoms with E-state index in [0.717, 1.165) is 25.7 Å². The average molecular weight is 227 g/mol. The first-order valence-corrected chi connectivity index (χ1v) is 6.72. The van der Waals surface area contributed by atoms with Crippen LogP contribution in [0.3, 0.4) is 0 Å². The average Bonchev–Trinajstić information content (AvgIpc) is 2.64. The van der Waals surface area contributed by atoms with Gasteiger partial charge in [-0.1, -0.05) is 26.7 Å². The zero-order valence-electron chi connectivity index (χ0n) is 11.7. The lowest BCUT2D eigenvalue weighted by molar-refractivity contribution is 0.0998. The topological polar surface area (TPSA) is 21.3 Å². The van der Waals surface area contributed by atoms with Gasteiger partial charge >= 0.3 is 0 Å². The highest BCUT2D eigenvalue weighted by molar-refractivity contribution is 4.91. The van der Waals surface area contributed by atoms with Crippen LogP contribution in [-0.4, -0.2) is 25.3 Å². The maximum absolute atomic E-state index is 5.65. The van der Waals surface area contributed by atoms with Crippen molar-refractivity contribution in [1.82, 2.24) is 5.32 Å². The monoisotopic (exact) mass is 227 g/mol. The molecule has 0 amide bonds. The molecule has 0 saturated carbocycles. The zero-order valence-corrected chi connectivity index (χ0v) is 11.7. The number of rotatable bonds is 5. The highest BCUT2D eigenvalue weighted by Gasteiger charge is 2.39. The Balaban J connectivity index is 2.58. The first-order chi connectivity index (χ1) is 7.40. The Morgan fingerprint density at radius 1 is 1.38 bits per heavy atom. The second-order valence-corrected chi connectivity index (χ2v) is 6.46. The maximum atomic E-state index is 5.65. The van der Waals surface area contributed by atoms with Crippen molar-refractivity contribution in [3.05, 3.63) is 0 Å². The summed E-state index contributed by atoms with van der Waals surface area (Å²) < 4.78 is 5.65. The van der Waals surface area contributed by atoms with Crippen molar-refractivity contribution in [2.24, 2.45) is 11.3 Å². The second kappa shape index (κ2) is 5.50. The van der Waals surface area contributed by atoms with Gasteiger partial charge in [-0.05, 0) is 33.1 Å². The minimum atomic E-state index is 0.210. The molecule has 0 spiro atoms. The predicted octanol–water partition coefficient (Wildman–Crippen LogP) is 3.22. The summed E-state index contributed by atoms with van der Waals surface area (Å²) in [7, 11) is 0. The van der Waals surface area contributed by atoms with Crippen LogP contribution in [-0.2, 0) is 4.74 Å². The number of hydrogen-bond acceptors (Lipinski definition) is 2. The van der Waals surface area contributed by atoms with Crippen molar-refractivity contribution < 1.29 is 4.74 Å². The maximum Gasteiger partial charge on any atom is 0.0538 e. The van der Waals surface area contributed by atoms with Crippen LogP contribution in [0.5, 0.6) is 0 Å². The molecule has 1 rings (SSSR count). The molecule has 0 aromatic carbocycles. The molecule has 1 aliphatic heterocycles. The van der Waals surface area contributed by atoms with Crippen molar-refractivity contribution in [3.8, 4) is 0 Å². The van der Waals surface area contributed by atoms with E-state index < -0.39 is 0 Å². The quantitative estimate of drug-likeness (QED) is 0.778. The lowest BCUT2D eigenvalue weighted by Crippen LogP contribution is -2.47. The minimum absolute atomic E-state index is 0.210. The SMILES string of the molecule is CCCC(C)C1(CNC(C)(C)C)CCOC1. The molecule has 1 aliphatic rings. The summed E-state index contributed by atoms with van der Waals surface area (Å²) in [5.74, 6) is 0.759. The van der Waals surface area contributed by atoms with Crippen LogP contribution in [0.25, 0.3) is 0 Å². The summed E-state index contributed by atoms with van der Waals surface area (Å²) in [6.45, 7) is 14.4. The standard InChI is InChI=1S/C14H29NO/c1-6-7-12(2)14(8-9-16-11-14)10-15-13(3,4)5/h12,15H,6-11H2,1-5H3. The lowest BCUT2D eigenvalue weighted by atomic mass is 9.73. The van der Waals surface area contributed by atoms with Crippen molar-refractivity contribution >= 4 is 0 Å². The highest BCUT2D eigenvalue weighted by Crippen LogP contribution is 2.38. The Hall–Kier alpha value is -0.0800. The molecule has 2 atom stereocenters. The fraction of sp³-hybridized carbons (Fsp3) is 1.00. The van der Waals surface area contributed by atoms with Crippen LogP contribution in [0.4, 0.5) is 0 Å². The van der Waals surface area contributed by atoms with E-state index >= 15 is 0 Å². The summed E-state index contributed by atoms with van der Waals surface area (Å²) in [4.78, 5) is 0. The van der Waals surface area contributed by atoms with E-state index in [1.54, 1.807) is 0 Å². The molecular weight excluding hydrogens is 198 g/mol. The Labute approximate surface area is 101 Å². The smallest absolute Gasteiger partial charge is 0.0538 e. The van der Waals surface area contributed by atoms with Gasteiger partial charge in [0, 0.05) is 24.1 Å². The molecule has 0 aliphatic carbocycles. The first kappa shape index (κ1) is 14.0. The lowest BCUT2D eigenvalue weighted by Gasteiger charge is -2.37. The molecule has 0 aromatic rings. The summed E-state index contributed by atoms with van der Waals surface area (Å²) in [6, 6.07) is 0. The van der Waals surface area contributed by atoms with Crippen LogP contribution in [0.1, 0.15) is 53.9 Å². The normalized spacial score (nSPS) is 28.3. The van der Waals surface area contributed by atoms with E-state index in [4.69, 9.17) is 4.74 Å². The zero-order chi connectivity index (χ0) is 12.2. The van der Waals surface area contributed by atoms with Crippen LogP contribution < -0.4 is 5.32 Å². The molecule has 2 nitrogen and oxygen atoms in total. The van der Waals surface area contributed by atoms with E-state index in [1.807, 2.05) is 0 Å². The first-order valence-electron chi connectivity index (χ1n) is 6.72. The Kier molecular flexibility index (Phi) is 4.81. The van der Waals surface area contributed by atoms with Crippen LogP contribution in [0.2, 0.25) is 0 Å². The van der Waals surface area contributed by atoms with Gasteiger partial charge < -0.3 is 10.1 Å². The molecule has 0 aromatic heterocycles. The number of ether oxygens (including phenoxy) is 1. The molecule has 2 unspecified atom stereocenters. The Morgan fingerprint density at radius 2 is 2.06 bits per heavy atom. The van der Waals surface area contributed by atoms with Gasteiger partial charge in [0.1, 0.15) is 0 Å². The van der Waals surface area contributed by atoms with Crippen molar-refractivity contribution in [3.63, 3.8) is 0 Å². The van der Waals surface area contributed by atoms with E-state index in [0.29, 0.717) is 5.41 Å². The Morgan fingerprint density at radius 3 is 2.50 bits per heavy atom. The van der Waals surface area contributed by atoms with Gasteiger partial charge in [-0.3, -0.25) is 0 Å². The molecule has 1 saturated heterocycles. The summed E-state index contributed by atoms with van der Waals surface area (Å²) in [5, 5.41) is 3.66. The van der Waals surface area contributed by atoms with Gasteiger partial charge in [0.25, 0.3) is 0 Å². The fourth-order valence-electron chi connectivity index (χ4n) is 2.51. The largest absolute Gasteiger partial charge is 0.381 e. The van der Waals surface area contributed by atoms with Gasteiger partial charge in [-0.25, -0.2) is 0 Å². The number of hydrogen-bond donors (Lipinski definition) is 1. The third-order valence-electron chi connectivity index (χ3n) is 3.87. The predicted molar refractivity (Wildman–Crippen MR) is 69.7 cm³/mol. The van der Waals surface area contributed by atoms with Crippen molar-refractivity contribution in [2.45, 2.75) is 59.4 Å². The van der Waals surface area contributed by atoms with E-state index in [2.05, 4.69) is 39.9 Å². The van der Waals surface area contributed by atoms with Gasteiger partial charge in [0.2, 0.25) is 0 Å². The third-order valence-corrected chi connectivity index (χ3v) is 3.87. The summed E-state index contributed by atoms with van der Waals surface area (Å²) >= 11 is 0.